The number of esters is 1. The Balaban J connectivity index is 1.83. The zero-order chi connectivity index (χ0) is 18.4. The number of nitrogens with zero attached hydrogens (tertiary/aromatic N) is 1. The maximum atomic E-state index is 13.6. The van der Waals surface area contributed by atoms with E-state index in [1.807, 2.05) is 30.3 Å². The number of rotatable bonds is 5. The molecule has 0 spiro atoms. The van der Waals surface area contributed by atoms with Gasteiger partial charge in [-0.05, 0) is 35.9 Å². The number of halogens is 2. The second-order valence-corrected chi connectivity index (χ2v) is 5.45. The Morgan fingerprint density at radius 2 is 1.62 bits per heavy atom. The summed E-state index contributed by atoms with van der Waals surface area (Å²) in [5, 5.41) is 0. The lowest BCUT2D eigenvalue weighted by Gasteiger charge is -2.17. The van der Waals surface area contributed by atoms with Crippen molar-refractivity contribution in [3.8, 4) is 0 Å². The SMILES string of the molecule is O=C(/C=C/c1c(F)cccc1F)OC(c1ccccc1)c1ccccn1. The van der Waals surface area contributed by atoms with Crippen LogP contribution in [0.5, 0.6) is 0 Å². The normalized spacial score (nSPS) is 12.1. The van der Waals surface area contributed by atoms with Crippen LogP contribution in [0.2, 0.25) is 0 Å². The summed E-state index contributed by atoms with van der Waals surface area (Å²) in [6.07, 6.45) is 2.94. The third-order valence-electron chi connectivity index (χ3n) is 3.68. The molecule has 0 N–H and O–H groups in total. The lowest BCUT2D eigenvalue weighted by Crippen LogP contribution is -2.12. The van der Waals surface area contributed by atoms with Crippen molar-refractivity contribution in [2.45, 2.75) is 6.10 Å². The van der Waals surface area contributed by atoms with Crippen molar-refractivity contribution in [3.63, 3.8) is 0 Å². The van der Waals surface area contributed by atoms with Gasteiger partial charge in [-0.15, -0.1) is 0 Å². The minimum atomic E-state index is -0.751. The number of hydrogen-bond donors (Lipinski definition) is 0. The predicted molar refractivity (Wildman–Crippen MR) is 94.0 cm³/mol. The van der Waals surface area contributed by atoms with Gasteiger partial charge in [-0.3, -0.25) is 4.98 Å². The zero-order valence-electron chi connectivity index (χ0n) is 13.7. The number of benzene rings is 2. The second-order valence-electron chi connectivity index (χ2n) is 5.45. The highest BCUT2D eigenvalue weighted by Crippen LogP contribution is 2.24. The summed E-state index contributed by atoms with van der Waals surface area (Å²) in [6, 6.07) is 17.9. The summed E-state index contributed by atoms with van der Waals surface area (Å²) in [5.74, 6) is -2.23. The molecule has 3 rings (SSSR count). The fourth-order valence-electron chi connectivity index (χ4n) is 2.43. The second kappa shape index (κ2) is 8.16. The molecule has 0 bridgehead atoms. The Labute approximate surface area is 149 Å². The molecule has 3 aromatic rings. The molecule has 5 heteroatoms. The maximum Gasteiger partial charge on any atom is 0.331 e. The number of aromatic nitrogens is 1. The van der Waals surface area contributed by atoms with Crippen molar-refractivity contribution in [2.24, 2.45) is 0 Å². The number of pyridine rings is 1. The highest BCUT2D eigenvalue weighted by molar-refractivity contribution is 5.87. The van der Waals surface area contributed by atoms with Gasteiger partial charge in [0.2, 0.25) is 0 Å². The van der Waals surface area contributed by atoms with E-state index in [1.165, 1.54) is 6.07 Å². The fraction of sp³-hybridized carbons (Fsp3) is 0.0476. The van der Waals surface area contributed by atoms with E-state index in [4.69, 9.17) is 4.74 Å². The van der Waals surface area contributed by atoms with Gasteiger partial charge < -0.3 is 4.74 Å². The summed E-state index contributed by atoms with van der Waals surface area (Å²) in [6.45, 7) is 0. The Kier molecular flexibility index (Phi) is 5.49. The summed E-state index contributed by atoms with van der Waals surface area (Å²) in [5.41, 5.74) is 1.00. The van der Waals surface area contributed by atoms with Crippen LogP contribution in [0.1, 0.15) is 22.9 Å². The Bertz CT molecular complexity index is 852. The van der Waals surface area contributed by atoms with Crippen molar-refractivity contribution in [2.75, 3.05) is 0 Å². The van der Waals surface area contributed by atoms with Gasteiger partial charge in [0.1, 0.15) is 11.6 Å². The lowest BCUT2D eigenvalue weighted by atomic mass is 10.1. The van der Waals surface area contributed by atoms with E-state index in [0.717, 1.165) is 29.8 Å². The van der Waals surface area contributed by atoms with Gasteiger partial charge in [0.05, 0.1) is 5.69 Å². The number of hydrogen-bond acceptors (Lipinski definition) is 3. The predicted octanol–water partition coefficient (Wildman–Crippen LogP) is 4.71. The fourth-order valence-corrected chi connectivity index (χ4v) is 2.43. The van der Waals surface area contributed by atoms with E-state index >= 15 is 0 Å². The summed E-state index contributed by atoms with van der Waals surface area (Å²) in [7, 11) is 0. The van der Waals surface area contributed by atoms with Crippen LogP contribution in [0.3, 0.4) is 0 Å². The maximum absolute atomic E-state index is 13.6. The quantitative estimate of drug-likeness (QED) is 0.494. The molecular weight excluding hydrogens is 336 g/mol. The molecule has 1 heterocycles. The first-order valence-corrected chi connectivity index (χ1v) is 7.94. The van der Waals surface area contributed by atoms with Gasteiger partial charge in [0.15, 0.2) is 6.10 Å². The Morgan fingerprint density at radius 1 is 0.923 bits per heavy atom. The van der Waals surface area contributed by atoms with E-state index in [9.17, 15) is 13.6 Å². The van der Waals surface area contributed by atoms with Crippen LogP contribution in [0.4, 0.5) is 8.78 Å². The lowest BCUT2D eigenvalue weighted by molar-refractivity contribution is -0.141. The van der Waals surface area contributed by atoms with Gasteiger partial charge in [-0.2, -0.15) is 0 Å². The third kappa shape index (κ3) is 4.19. The topological polar surface area (TPSA) is 39.2 Å². The van der Waals surface area contributed by atoms with Gasteiger partial charge in [-0.25, -0.2) is 13.6 Å². The van der Waals surface area contributed by atoms with Crippen LogP contribution in [-0.4, -0.2) is 11.0 Å². The largest absolute Gasteiger partial charge is 0.448 e. The average Bonchev–Trinajstić information content (AvgIpc) is 2.67. The van der Waals surface area contributed by atoms with Crippen LogP contribution in [0.15, 0.2) is 79.0 Å². The van der Waals surface area contributed by atoms with Crippen LogP contribution in [0.25, 0.3) is 6.08 Å². The average molecular weight is 351 g/mol. The molecule has 0 aliphatic heterocycles. The molecular formula is C21H15F2NO2. The summed E-state index contributed by atoms with van der Waals surface area (Å²) < 4.78 is 32.8. The molecule has 1 aromatic heterocycles. The standard InChI is InChI=1S/C21H15F2NO2/c22-17-9-6-10-18(23)16(17)12-13-20(25)26-21(15-7-2-1-3-8-15)19-11-4-5-14-24-19/h1-14,21H/b13-12+. The Morgan fingerprint density at radius 3 is 2.27 bits per heavy atom. The van der Waals surface area contributed by atoms with Crippen molar-refractivity contribution in [3.05, 3.63) is 107 Å². The smallest absolute Gasteiger partial charge is 0.331 e. The van der Waals surface area contributed by atoms with E-state index in [0.29, 0.717) is 5.69 Å². The molecule has 0 radical (unpaired) electrons. The molecule has 0 fully saturated rings. The van der Waals surface area contributed by atoms with Gasteiger partial charge in [-0.1, -0.05) is 42.5 Å². The van der Waals surface area contributed by atoms with Crippen molar-refractivity contribution >= 4 is 12.0 Å². The first kappa shape index (κ1) is 17.5. The molecule has 1 atom stereocenters. The molecule has 1 unspecified atom stereocenters. The van der Waals surface area contributed by atoms with Crippen LogP contribution in [-0.2, 0) is 9.53 Å². The van der Waals surface area contributed by atoms with Crippen molar-refractivity contribution in [1.29, 1.82) is 0 Å². The Hall–Kier alpha value is -3.34. The minimum Gasteiger partial charge on any atom is -0.448 e. The van der Waals surface area contributed by atoms with Crippen LogP contribution >= 0.6 is 0 Å². The molecule has 26 heavy (non-hydrogen) atoms. The summed E-state index contributed by atoms with van der Waals surface area (Å²) in [4.78, 5) is 16.4. The molecule has 3 nitrogen and oxygen atoms in total. The third-order valence-corrected chi connectivity index (χ3v) is 3.68. The number of carbonyl (C=O) groups is 1. The van der Waals surface area contributed by atoms with Crippen molar-refractivity contribution in [1.82, 2.24) is 4.98 Å². The molecule has 130 valence electrons. The molecule has 0 saturated heterocycles. The zero-order valence-corrected chi connectivity index (χ0v) is 13.7. The number of ether oxygens (including phenoxy) is 1. The van der Waals surface area contributed by atoms with E-state index in [2.05, 4.69) is 4.98 Å². The van der Waals surface area contributed by atoms with E-state index in [-0.39, 0.29) is 5.56 Å². The minimum absolute atomic E-state index is 0.293. The first-order chi connectivity index (χ1) is 12.6. The van der Waals surface area contributed by atoms with Gasteiger partial charge >= 0.3 is 5.97 Å². The molecule has 0 aliphatic carbocycles. The van der Waals surface area contributed by atoms with E-state index in [1.54, 1.807) is 24.4 Å². The van der Waals surface area contributed by atoms with Gasteiger partial charge in [0.25, 0.3) is 0 Å². The number of carbonyl (C=O) groups excluding carboxylic acids is 1. The highest BCUT2D eigenvalue weighted by Gasteiger charge is 2.19. The highest BCUT2D eigenvalue weighted by atomic mass is 19.1. The van der Waals surface area contributed by atoms with Crippen LogP contribution in [0, 0.1) is 11.6 Å². The molecule has 0 amide bonds. The van der Waals surface area contributed by atoms with Crippen molar-refractivity contribution < 1.29 is 18.3 Å². The molecule has 2 aromatic carbocycles. The van der Waals surface area contributed by atoms with Crippen LogP contribution < -0.4 is 0 Å². The molecule has 0 aliphatic rings. The molecule has 0 saturated carbocycles. The van der Waals surface area contributed by atoms with Gasteiger partial charge in [0, 0.05) is 17.8 Å². The van der Waals surface area contributed by atoms with E-state index < -0.39 is 23.7 Å². The first-order valence-electron chi connectivity index (χ1n) is 7.94. The monoisotopic (exact) mass is 351 g/mol. The summed E-state index contributed by atoms with van der Waals surface area (Å²) >= 11 is 0.